The Morgan fingerprint density at radius 3 is 1.60 bits per heavy atom. The van der Waals surface area contributed by atoms with Gasteiger partial charge in [0.2, 0.25) is 0 Å². The molecule has 3 aromatic rings. The minimum atomic E-state index is -0.169. The first kappa shape index (κ1) is 18.6. The van der Waals surface area contributed by atoms with Gasteiger partial charge in [-0.3, -0.25) is 9.59 Å². The van der Waals surface area contributed by atoms with Crippen molar-refractivity contribution in [3.05, 3.63) is 89.2 Å². The van der Waals surface area contributed by atoms with E-state index >= 15 is 0 Å². The van der Waals surface area contributed by atoms with Crippen molar-refractivity contribution in [1.82, 2.24) is 4.98 Å². The Morgan fingerprint density at radius 2 is 1.13 bits per heavy atom. The fraction of sp³-hybridized carbons (Fsp3) is 0.240. The fourth-order valence-corrected chi connectivity index (χ4v) is 4.67. The quantitative estimate of drug-likeness (QED) is 0.649. The largest absolute Gasteiger partial charge is 0.304 e. The highest BCUT2D eigenvalue weighted by atomic mass is 16.2. The van der Waals surface area contributed by atoms with Gasteiger partial charge in [-0.25, -0.2) is 4.98 Å². The molecule has 0 bridgehead atoms. The summed E-state index contributed by atoms with van der Waals surface area (Å²) in [4.78, 5) is 34.7. The fourth-order valence-electron chi connectivity index (χ4n) is 4.67. The standard InChI is InChI=1S/C25H23N3O2/c1-16-14-18-8-3-5-12-22(18)27(16)24(29)20-10-7-11-21(26-20)25(30)28-17(2)15-19-9-4-6-13-23(19)28/h3-13,16-17H,14-15H2,1-2H3. The molecular weight excluding hydrogens is 374 g/mol. The second-order valence-corrected chi connectivity index (χ2v) is 8.12. The van der Waals surface area contributed by atoms with Crippen LogP contribution in [0.4, 0.5) is 11.4 Å². The number of nitrogens with zero attached hydrogens (tertiary/aromatic N) is 3. The van der Waals surface area contributed by atoms with Crippen molar-refractivity contribution in [2.45, 2.75) is 38.8 Å². The minimum Gasteiger partial charge on any atom is -0.304 e. The second-order valence-electron chi connectivity index (χ2n) is 8.12. The molecule has 0 spiro atoms. The summed E-state index contributed by atoms with van der Waals surface area (Å²) in [6, 6.07) is 21.1. The third-order valence-corrected chi connectivity index (χ3v) is 6.04. The molecule has 2 aliphatic heterocycles. The van der Waals surface area contributed by atoms with Gasteiger partial charge in [-0.2, -0.15) is 0 Å². The van der Waals surface area contributed by atoms with Crippen LogP contribution in [0, 0.1) is 0 Å². The number of anilines is 2. The summed E-state index contributed by atoms with van der Waals surface area (Å²) >= 11 is 0. The average Bonchev–Trinajstić information content (AvgIpc) is 3.28. The summed E-state index contributed by atoms with van der Waals surface area (Å²) in [5.74, 6) is -0.339. The Morgan fingerprint density at radius 1 is 0.700 bits per heavy atom. The van der Waals surface area contributed by atoms with E-state index in [2.05, 4.69) is 17.1 Å². The molecule has 2 atom stereocenters. The summed E-state index contributed by atoms with van der Waals surface area (Å²) in [6.07, 6.45) is 1.64. The summed E-state index contributed by atoms with van der Waals surface area (Å²) in [7, 11) is 0. The second kappa shape index (κ2) is 7.10. The highest BCUT2D eigenvalue weighted by Gasteiger charge is 2.34. The maximum Gasteiger partial charge on any atom is 0.277 e. The van der Waals surface area contributed by atoms with E-state index in [1.165, 1.54) is 0 Å². The lowest BCUT2D eigenvalue weighted by Gasteiger charge is -2.24. The van der Waals surface area contributed by atoms with Crippen LogP contribution in [0.1, 0.15) is 46.0 Å². The zero-order valence-corrected chi connectivity index (χ0v) is 17.1. The van der Waals surface area contributed by atoms with E-state index in [0.29, 0.717) is 11.4 Å². The van der Waals surface area contributed by atoms with Crippen molar-refractivity contribution in [2.24, 2.45) is 0 Å². The molecule has 5 nitrogen and oxygen atoms in total. The maximum absolute atomic E-state index is 13.3. The van der Waals surface area contributed by atoms with E-state index in [9.17, 15) is 9.59 Å². The van der Waals surface area contributed by atoms with E-state index in [4.69, 9.17) is 0 Å². The number of fused-ring (bicyclic) bond motifs is 2. The molecule has 1 aromatic heterocycles. The van der Waals surface area contributed by atoms with Crippen molar-refractivity contribution < 1.29 is 9.59 Å². The maximum atomic E-state index is 13.3. The minimum absolute atomic E-state index is 0.0570. The Balaban J connectivity index is 1.47. The van der Waals surface area contributed by atoms with Crippen LogP contribution in [0.15, 0.2) is 66.7 Å². The first-order valence-corrected chi connectivity index (χ1v) is 10.3. The van der Waals surface area contributed by atoms with Crippen molar-refractivity contribution in [3.8, 4) is 0 Å². The molecule has 2 amide bonds. The summed E-state index contributed by atoms with van der Waals surface area (Å²) in [5, 5.41) is 0. The Kier molecular flexibility index (Phi) is 4.39. The molecule has 0 N–H and O–H groups in total. The molecule has 5 heteroatoms. The topological polar surface area (TPSA) is 53.5 Å². The van der Waals surface area contributed by atoms with Crippen molar-refractivity contribution in [1.29, 1.82) is 0 Å². The smallest absolute Gasteiger partial charge is 0.277 e. The van der Waals surface area contributed by atoms with E-state index < -0.39 is 0 Å². The highest BCUT2D eigenvalue weighted by molar-refractivity contribution is 6.09. The summed E-state index contributed by atoms with van der Waals surface area (Å²) in [6.45, 7) is 4.07. The van der Waals surface area contributed by atoms with Gasteiger partial charge in [0, 0.05) is 23.5 Å². The van der Waals surface area contributed by atoms with Gasteiger partial charge in [-0.1, -0.05) is 42.5 Å². The van der Waals surface area contributed by atoms with Crippen LogP contribution < -0.4 is 9.80 Å². The number of carbonyl (C=O) groups excluding carboxylic acids is 2. The molecule has 0 aliphatic carbocycles. The lowest BCUT2D eigenvalue weighted by Crippen LogP contribution is -2.38. The molecule has 5 rings (SSSR count). The average molecular weight is 397 g/mol. The molecular formula is C25H23N3O2. The van der Waals surface area contributed by atoms with Crippen LogP contribution in [-0.2, 0) is 12.8 Å². The summed E-state index contributed by atoms with van der Waals surface area (Å²) < 4.78 is 0. The molecule has 0 saturated heterocycles. The monoisotopic (exact) mass is 397 g/mol. The Labute approximate surface area is 176 Å². The molecule has 2 aliphatic rings. The van der Waals surface area contributed by atoms with E-state index in [-0.39, 0.29) is 23.9 Å². The van der Waals surface area contributed by atoms with Gasteiger partial charge in [0.1, 0.15) is 11.4 Å². The van der Waals surface area contributed by atoms with Gasteiger partial charge in [0.15, 0.2) is 0 Å². The lowest BCUT2D eigenvalue weighted by atomic mass is 10.1. The van der Waals surface area contributed by atoms with Crippen LogP contribution in [0.5, 0.6) is 0 Å². The van der Waals surface area contributed by atoms with Crippen LogP contribution in [0.2, 0.25) is 0 Å². The van der Waals surface area contributed by atoms with Crippen LogP contribution in [-0.4, -0.2) is 28.9 Å². The molecule has 0 fully saturated rings. The molecule has 0 saturated carbocycles. The van der Waals surface area contributed by atoms with Crippen LogP contribution in [0.3, 0.4) is 0 Å². The molecule has 0 radical (unpaired) electrons. The SMILES string of the molecule is CC1Cc2ccccc2N1C(=O)c1cccc(C(=O)N2c3ccccc3CC2C)n1. The van der Waals surface area contributed by atoms with Crippen molar-refractivity contribution in [3.63, 3.8) is 0 Å². The van der Waals surface area contributed by atoms with E-state index in [1.54, 1.807) is 28.0 Å². The third kappa shape index (κ3) is 2.89. The number of benzene rings is 2. The Bertz CT molecular complexity index is 1070. The predicted molar refractivity (Wildman–Crippen MR) is 117 cm³/mol. The zero-order chi connectivity index (χ0) is 20.8. The van der Waals surface area contributed by atoms with Crippen LogP contribution >= 0.6 is 0 Å². The number of para-hydroxylation sites is 2. The first-order valence-electron chi connectivity index (χ1n) is 10.3. The van der Waals surface area contributed by atoms with Gasteiger partial charge in [0.25, 0.3) is 11.8 Å². The normalized spacial score (nSPS) is 19.5. The van der Waals surface area contributed by atoms with Crippen molar-refractivity contribution in [2.75, 3.05) is 9.80 Å². The first-order chi connectivity index (χ1) is 14.5. The molecule has 3 heterocycles. The number of hydrogen-bond acceptors (Lipinski definition) is 3. The molecule has 2 unspecified atom stereocenters. The van der Waals surface area contributed by atoms with Gasteiger partial charge < -0.3 is 9.80 Å². The molecule has 150 valence electrons. The van der Waals surface area contributed by atoms with E-state index in [1.807, 2.05) is 50.2 Å². The number of carbonyl (C=O) groups is 2. The van der Waals surface area contributed by atoms with Crippen molar-refractivity contribution >= 4 is 23.2 Å². The number of aromatic nitrogens is 1. The van der Waals surface area contributed by atoms with Gasteiger partial charge in [-0.05, 0) is 62.1 Å². The Hall–Kier alpha value is -3.47. The zero-order valence-electron chi connectivity index (χ0n) is 17.1. The van der Waals surface area contributed by atoms with Gasteiger partial charge in [0.05, 0.1) is 0 Å². The van der Waals surface area contributed by atoms with Gasteiger partial charge in [-0.15, -0.1) is 0 Å². The molecule has 30 heavy (non-hydrogen) atoms. The highest BCUT2D eigenvalue weighted by Crippen LogP contribution is 2.34. The third-order valence-electron chi connectivity index (χ3n) is 6.04. The number of rotatable bonds is 2. The van der Waals surface area contributed by atoms with Crippen LogP contribution in [0.25, 0.3) is 0 Å². The number of hydrogen-bond donors (Lipinski definition) is 0. The number of amides is 2. The van der Waals surface area contributed by atoms with Gasteiger partial charge >= 0.3 is 0 Å². The molecule has 2 aromatic carbocycles. The lowest BCUT2D eigenvalue weighted by molar-refractivity contribution is 0.0972. The predicted octanol–water partition coefficient (Wildman–Crippen LogP) is 4.26. The number of pyridine rings is 1. The summed E-state index contributed by atoms with van der Waals surface area (Å²) in [5.41, 5.74) is 4.77. The van der Waals surface area contributed by atoms with E-state index in [0.717, 1.165) is 35.3 Å².